The molecule has 0 radical (unpaired) electrons. The molecule has 23 heavy (non-hydrogen) atoms. The van der Waals surface area contributed by atoms with E-state index in [1.165, 1.54) is 37.8 Å². The van der Waals surface area contributed by atoms with Gasteiger partial charge in [-0.15, -0.1) is 0 Å². The second-order valence-electron chi connectivity index (χ2n) is 6.00. The third-order valence-corrected chi connectivity index (χ3v) is 6.15. The minimum atomic E-state index is -3.69. The number of carbonyl (C=O) groups is 1. The standard InChI is InChI=1S/C16H23ClN2O3S/c1-19(12-13-6-2-3-7-13)16(20)10-11-18-23(21,22)15-9-5-4-8-14(15)17/h4-5,8-9,13,18H,2-3,6-7,10-12H2,1H3. The third-order valence-electron chi connectivity index (χ3n) is 4.19. The Labute approximate surface area is 143 Å². The van der Waals surface area contributed by atoms with Crippen molar-refractivity contribution < 1.29 is 13.2 Å². The topological polar surface area (TPSA) is 66.5 Å². The van der Waals surface area contributed by atoms with Crippen LogP contribution in [0.2, 0.25) is 5.02 Å². The van der Waals surface area contributed by atoms with E-state index >= 15 is 0 Å². The lowest BCUT2D eigenvalue weighted by molar-refractivity contribution is -0.130. The van der Waals surface area contributed by atoms with Gasteiger partial charge in [-0.3, -0.25) is 4.79 Å². The number of nitrogens with zero attached hydrogens (tertiary/aromatic N) is 1. The molecule has 0 unspecified atom stereocenters. The molecule has 0 aromatic heterocycles. The normalized spacial score (nSPS) is 15.7. The van der Waals surface area contributed by atoms with Crippen molar-refractivity contribution in [2.24, 2.45) is 5.92 Å². The smallest absolute Gasteiger partial charge is 0.242 e. The number of rotatable bonds is 7. The number of amides is 1. The Hall–Kier alpha value is -1.11. The second kappa shape index (κ2) is 8.13. The van der Waals surface area contributed by atoms with E-state index < -0.39 is 10.0 Å². The number of halogens is 1. The summed E-state index contributed by atoms with van der Waals surface area (Å²) in [6, 6.07) is 6.25. The monoisotopic (exact) mass is 358 g/mol. The molecule has 1 amide bonds. The third kappa shape index (κ3) is 5.19. The van der Waals surface area contributed by atoms with Gasteiger partial charge >= 0.3 is 0 Å². The highest BCUT2D eigenvalue weighted by Gasteiger charge is 2.21. The van der Waals surface area contributed by atoms with E-state index in [9.17, 15) is 13.2 Å². The highest BCUT2D eigenvalue weighted by Crippen LogP contribution is 2.25. The quantitative estimate of drug-likeness (QED) is 0.814. The van der Waals surface area contributed by atoms with E-state index in [4.69, 9.17) is 11.6 Å². The Morgan fingerprint density at radius 2 is 1.96 bits per heavy atom. The van der Waals surface area contributed by atoms with Gasteiger partial charge in [0.05, 0.1) is 5.02 Å². The van der Waals surface area contributed by atoms with Crippen LogP contribution in [0.3, 0.4) is 0 Å². The van der Waals surface area contributed by atoms with Crippen LogP contribution in [-0.4, -0.2) is 39.4 Å². The molecule has 2 rings (SSSR count). The molecular formula is C16H23ClN2O3S. The SMILES string of the molecule is CN(CC1CCCC1)C(=O)CCNS(=O)(=O)c1ccccc1Cl. The first-order valence-electron chi connectivity index (χ1n) is 7.88. The molecule has 0 aliphatic heterocycles. The molecule has 0 saturated heterocycles. The molecule has 0 heterocycles. The Bertz CT molecular complexity index is 642. The molecule has 1 N–H and O–H groups in total. The molecule has 0 bridgehead atoms. The predicted octanol–water partition coefficient (Wildman–Crippen LogP) is 2.66. The fraction of sp³-hybridized carbons (Fsp3) is 0.562. The lowest BCUT2D eigenvalue weighted by atomic mass is 10.1. The first-order valence-corrected chi connectivity index (χ1v) is 9.74. The van der Waals surface area contributed by atoms with Crippen LogP contribution in [0.15, 0.2) is 29.2 Å². The van der Waals surface area contributed by atoms with Gasteiger partial charge in [0, 0.05) is 26.6 Å². The zero-order valence-electron chi connectivity index (χ0n) is 13.3. The van der Waals surface area contributed by atoms with E-state index in [2.05, 4.69) is 4.72 Å². The van der Waals surface area contributed by atoms with Gasteiger partial charge in [0.15, 0.2) is 0 Å². The van der Waals surface area contributed by atoms with Crippen LogP contribution in [0.25, 0.3) is 0 Å². The van der Waals surface area contributed by atoms with Crippen molar-refractivity contribution in [1.82, 2.24) is 9.62 Å². The molecule has 128 valence electrons. The number of benzene rings is 1. The van der Waals surface area contributed by atoms with Gasteiger partial charge in [-0.1, -0.05) is 36.6 Å². The number of sulfonamides is 1. The summed E-state index contributed by atoms with van der Waals surface area (Å²) in [5, 5.41) is 0.171. The zero-order valence-corrected chi connectivity index (χ0v) is 14.9. The molecule has 1 aliphatic rings. The first-order chi connectivity index (χ1) is 10.9. The summed E-state index contributed by atoms with van der Waals surface area (Å²) in [4.78, 5) is 13.8. The maximum atomic E-state index is 12.2. The highest BCUT2D eigenvalue weighted by molar-refractivity contribution is 7.89. The molecule has 7 heteroatoms. The summed E-state index contributed by atoms with van der Waals surface area (Å²) in [6.07, 6.45) is 4.98. The van der Waals surface area contributed by atoms with Crippen LogP contribution in [-0.2, 0) is 14.8 Å². The maximum Gasteiger partial charge on any atom is 0.242 e. The lowest BCUT2D eigenvalue weighted by Crippen LogP contribution is -2.34. The van der Waals surface area contributed by atoms with Gasteiger partial charge in [-0.2, -0.15) is 0 Å². The second-order valence-corrected chi connectivity index (χ2v) is 8.15. The number of carbonyl (C=O) groups excluding carboxylic acids is 1. The molecule has 1 aliphatic carbocycles. The summed E-state index contributed by atoms with van der Waals surface area (Å²) < 4.78 is 26.8. The summed E-state index contributed by atoms with van der Waals surface area (Å²) in [7, 11) is -1.91. The predicted molar refractivity (Wildman–Crippen MR) is 90.9 cm³/mol. The Kier molecular flexibility index (Phi) is 6.44. The van der Waals surface area contributed by atoms with Gasteiger partial charge in [-0.25, -0.2) is 13.1 Å². The van der Waals surface area contributed by atoms with E-state index in [1.807, 2.05) is 0 Å². The Morgan fingerprint density at radius 3 is 2.61 bits per heavy atom. The van der Waals surface area contributed by atoms with Crippen molar-refractivity contribution in [2.45, 2.75) is 37.0 Å². The highest BCUT2D eigenvalue weighted by atomic mass is 35.5. The van der Waals surface area contributed by atoms with Gasteiger partial charge in [-0.05, 0) is 30.9 Å². The molecule has 0 atom stereocenters. The lowest BCUT2D eigenvalue weighted by Gasteiger charge is -2.21. The fourth-order valence-corrected chi connectivity index (χ4v) is 4.45. The maximum absolute atomic E-state index is 12.2. The summed E-state index contributed by atoms with van der Waals surface area (Å²) in [5.41, 5.74) is 0. The minimum absolute atomic E-state index is 0.0356. The van der Waals surface area contributed by atoms with Crippen molar-refractivity contribution in [3.63, 3.8) is 0 Å². The van der Waals surface area contributed by atoms with Gasteiger partial charge in [0.2, 0.25) is 15.9 Å². The van der Waals surface area contributed by atoms with E-state index in [0.29, 0.717) is 5.92 Å². The van der Waals surface area contributed by atoms with Crippen LogP contribution in [0, 0.1) is 5.92 Å². The average molecular weight is 359 g/mol. The van der Waals surface area contributed by atoms with Gasteiger partial charge in [0.25, 0.3) is 0 Å². The van der Waals surface area contributed by atoms with Crippen LogP contribution < -0.4 is 4.72 Å². The number of nitrogens with one attached hydrogen (secondary N) is 1. The van der Waals surface area contributed by atoms with Crippen LogP contribution in [0.1, 0.15) is 32.1 Å². The van der Waals surface area contributed by atoms with E-state index in [1.54, 1.807) is 24.1 Å². The van der Waals surface area contributed by atoms with Crippen molar-refractivity contribution >= 4 is 27.5 Å². The van der Waals surface area contributed by atoms with Crippen molar-refractivity contribution in [1.29, 1.82) is 0 Å². The molecule has 5 nitrogen and oxygen atoms in total. The Balaban J connectivity index is 1.81. The zero-order chi connectivity index (χ0) is 16.9. The summed E-state index contributed by atoms with van der Waals surface area (Å²) in [5.74, 6) is 0.544. The van der Waals surface area contributed by atoms with E-state index in [0.717, 1.165) is 6.54 Å². The van der Waals surface area contributed by atoms with Crippen molar-refractivity contribution in [2.75, 3.05) is 20.1 Å². The molecule has 1 aromatic rings. The largest absolute Gasteiger partial charge is 0.345 e. The number of hydrogen-bond donors (Lipinski definition) is 1. The van der Waals surface area contributed by atoms with Crippen molar-refractivity contribution in [3.8, 4) is 0 Å². The van der Waals surface area contributed by atoms with Gasteiger partial charge < -0.3 is 4.90 Å². The molecule has 1 aromatic carbocycles. The first kappa shape index (κ1) is 18.2. The molecular weight excluding hydrogens is 336 g/mol. The average Bonchev–Trinajstić information content (AvgIpc) is 3.00. The summed E-state index contributed by atoms with van der Waals surface area (Å²) >= 11 is 5.90. The molecule has 1 fully saturated rings. The van der Waals surface area contributed by atoms with Crippen LogP contribution in [0.4, 0.5) is 0 Å². The van der Waals surface area contributed by atoms with Crippen molar-refractivity contribution in [3.05, 3.63) is 29.3 Å². The van der Waals surface area contributed by atoms with Crippen LogP contribution >= 0.6 is 11.6 Å². The fourth-order valence-electron chi connectivity index (χ4n) is 2.91. The van der Waals surface area contributed by atoms with Gasteiger partial charge in [0.1, 0.15) is 4.90 Å². The summed E-state index contributed by atoms with van der Waals surface area (Å²) in [6.45, 7) is 0.831. The van der Waals surface area contributed by atoms with E-state index in [-0.39, 0.29) is 28.8 Å². The van der Waals surface area contributed by atoms with Crippen LogP contribution in [0.5, 0.6) is 0 Å². The Morgan fingerprint density at radius 1 is 1.30 bits per heavy atom. The number of hydrogen-bond acceptors (Lipinski definition) is 3. The molecule has 0 spiro atoms. The molecule has 1 saturated carbocycles. The minimum Gasteiger partial charge on any atom is -0.345 e.